The molecule has 1 aliphatic heterocycles. The average molecular weight is 304 g/mol. The Morgan fingerprint density at radius 1 is 1.50 bits per heavy atom. The predicted molar refractivity (Wildman–Crippen MR) is 82.4 cm³/mol. The van der Waals surface area contributed by atoms with Crippen LogP contribution in [-0.4, -0.2) is 56.7 Å². The van der Waals surface area contributed by atoms with Gasteiger partial charge in [0.1, 0.15) is 5.84 Å². The van der Waals surface area contributed by atoms with Crippen LogP contribution in [-0.2, 0) is 0 Å². The van der Waals surface area contributed by atoms with Crippen molar-refractivity contribution in [1.82, 2.24) is 19.8 Å². The van der Waals surface area contributed by atoms with Crippen molar-refractivity contribution < 1.29 is 9.59 Å². The number of hydrogen-bond acceptors (Lipinski definition) is 4. The summed E-state index contributed by atoms with van der Waals surface area (Å²) in [6, 6.07) is -0.0485. The van der Waals surface area contributed by atoms with E-state index in [-0.39, 0.29) is 23.7 Å². The number of urea groups is 1. The SMILES string of the molecule is C/C(=C/C(=N)N1CCN(C(C)C)C1=O)c1cnc(C(N)=O)[nH]1. The lowest BCUT2D eigenvalue weighted by Crippen LogP contribution is -2.38. The Labute approximate surface area is 128 Å². The largest absolute Gasteiger partial charge is 0.363 e. The van der Waals surface area contributed by atoms with Gasteiger partial charge in [0, 0.05) is 19.1 Å². The second kappa shape index (κ2) is 6.00. The van der Waals surface area contributed by atoms with Crippen LogP contribution in [0.4, 0.5) is 4.79 Å². The molecule has 0 saturated carbocycles. The number of carbonyl (C=O) groups excluding carboxylic acids is 2. The van der Waals surface area contributed by atoms with E-state index >= 15 is 0 Å². The minimum atomic E-state index is -0.642. The number of rotatable bonds is 4. The van der Waals surface area contributed by atoms with Gasteiger partial charge in [0.2, 0.25) is 0 Å². The molecule has 0 unspecified atom stereocenters. The lowest BCUT2D eigenvalue weighted by Gasteiger charge is -2.21. The van der Waals surface area contributed by atoms with E-state index < -0.39 is 5.91 Å². The monoisotopic (exact) mass is 304 g/mol. The molecule has 4 N–H and O–H groups in total. The maximum Gasteiger partial charge on any atom is 0.326 e. The number of amides is 3. The number of aromatic amines is 1. The van der Waals surface area contributed by atoms with Crippen molar-refractivity contribution >= 4 is 23.3 Å². The highest BCUT2D eigenvalue weighted by Crippen LogP contribution is 2.16. The van der Waals surface area contributed by atoms with Crippen molar-refractivity contribution in [3.63, 3.8) is 0 Å². The topological polar surface area (TPSA) is 119 Å². The number of hydrogen-bond donors (Lipinski definition) is 3. The summed E-state index contributed by atoms with van der Waals surface area (Å²) in [6.45, 7) is 6.77. The highest BCUT2D eigenvalue weighted by Gasteiger charge is 2.31. The Bertz CT molecular complexity index is 646. The van der Waals surface area contributed by atoms with E-state index in [1.54, 1.807) is 17.9 Å². The van der Waals surface area contributed by atoms with Crippen LogP contribution in [0, 0.1) is 5.41 Å². The fourth-order valence-electron chi connectivity index (χ4n) is 2.26. The maximum absolute atomic E-state index is 12.2. The van der Waals surface area contributed by atoms with Gasteiger partial charge < -0.3 is 15.6 Å². The lowest BCUT2D eigenvalue weighted by atomic mass is 10.2. The lowest BCUT2D eigenvalue weighted by molar-refractivity contribution is 0.0991. The highest BCUT2D eigenvalue weighted by molar-refractivity contribution is 6.06. The van der Waals surface area contributed by atoms with Gasteiger partial charge in [0.05, 0.1) is 11.9 Å². The smallest absolute Gasteiger partial charge is 0.326 e. The molecule has 1 aliphatic rings. The van der Waals surface area contributed by atoms with Gasteiger partial charge in [-0.25, -0.2) is 9.78 Å². The number of allylic oxidation sites excluding steroid dienone is 1. The van der Waals surface area contributed by atoms with Crippen LogP contribution in [0.25, 0.3) is 5.57 Å². The Morgan fingerprint density at radius 2 is 2.18 bits per heavy atom. The zero-order valence-electron chi connectivity index (χ0n) is 12.9. The fourth-order valence-corrected chi connectivity index (χ4v) is 2.26. The molecule has 118 valence electrons. The summed E-state index contributed by atoms with van der Waals surface area (Å²) in [4.78, 5) is 33.0. The molecule has 2 rings (SSSR count). The predicted octanol–water partition coefficient (Wildman–Crippen LogP) is 1.04. The number of nitrogens with zero attached hydrogens (tertiary/aromatic N) is 3. The number of nitrogens with one attached hydrogen (secondary N) is 2. The fraction of sp³-hybridized carbons (Fsp3) is 0.429. The third-order valence-corrected chi connectivity index (χ3v) is 3.54. The summed E-state index contributed by atoms with van der Waals surface area (Å²) in [5, 5.41) is 8.09. The van der Waals surface area contributed by atoms with Crippen molar-refractivity contribution in [2.45, 2.75) is 26.8 Å². The average Bonchev–Trinajstić information content (AvgIpc) is 3.04. The molecule has 22 heavy (non-hydrogen) atoms. The summed E-state index contributed by atoms with van der Waals surface area (Å²) in [5.41, 5.74) is 6.42. The number of amidine groups is 1. The van der Waals surface area contributed by atoms with Gasteiger partial charge in [-0.15, -0.1) is 0 Å². The van der Waals surface area contributed by atoms with Crippen LogP contribution < -0.4 is 5.73 Å². The highest BCUT2D eigenvalue weighted by atomic mass is 16.2. The summed E-state index contributed by atoms with van der Waals surface area (Å²) < 4.78 is 0. The number of nitrogens with two attached hydrogens (primary N) is 1. The van der Waals surface area contributed by atoms with Crippen LogP contribution >= 0.6 is 0 Å². The van der Waals surface area contributed by atoms with E-state index in [2.05, 4.69) is 9.97 Å². The molecule has 1 fully saturated rings. The first-order chi connectivity index (χ1) is 10.3. The minimum absolute atomic E-state index is 0.0671. The standard InChI is InChI=1S/C14H20N6O2/c1-8(2)19-4-5-20(14(19)22)11(15)6-9(3)10-7-17-13(18-10)12(16)21/h6-8,15H,4-5H2,1-3H3,(H2,16,21)(H,17,18)/b9-6-,15-11?. The summed E-state index contributed by atoms with van der Waals surface area (Å²) in [7, 11) is 0. The molecule has 0 bridgehead atoms. The Morgan fingerprint density at radius 3 is 2.68 bits per heavy atom. The molecule has 1 saturated heterocycles. The van der Waals surface area contributed by atoms with Crippen LogP contribution in [0.2, 0.25) is 0 Å². The molecule has 0 radical (unpaired) electrons. The van der Waals surface area contributed by atoms with E-state index in [0.717, 1.165) is 0 Å². The molecule has 1 aromatic heterocycles. The number of carbonyl (C=O) groups is 2. The third kappa shape index (κ3) is 3.00. The molecule has 0 aliphatic carbocycles. The second-order valence-corrected chi connectivity index (χ2v) is 5.44. The van der Waals surface area contributed by atoms with Crippen LogP contribution in [0.15, 0.2) is 12.3 Å². The van der Waals surface area contributed by atoms with E-state index in [9.17, 15) is 9.59 Å². The third-order valence-electron chi connectivity index (χ3n) is 3.54. The van der Waals surface area contributed by atoms with Gasteiger partial charge in [-0.05, 0) is 32.4 Å². The molecule has 1 aromatic rings. The van der Waals surface area contributed by atoms with Gasteiger partial charge in [0.25, 0.3) is 5.91 Å². The van der Waals surface area contributed by atoms with Crippen molar-refractivity contribution in [1.29, 1.82) is 5.41 Å². The van der Waals surface area contributed by atoms with Gasteiger partial charge in [-0.2, -0.15) is 0 Å². The first kappa shape index (κ1) is 15.7. The molecule has 3 amide bonds. The molecular formula is C14H20N6O2. The molecule has 0 atom stereocenters. The molecular weight excluding hydrogens is 284 g/mol. The number of primary amides is 1. The van der Waals surface area contributed by atoms with E-state index in [1.165, 1.54) is 11.1 Å². The normalized spacial score (nSPS) is 15.8. The van der Waals surface area contributed by atoms with E-state index in [0.29, 0.717) is 24.4 Å². The van der Waals surface area contributed by atoms with Gasteiger partial charge in [-0.3, -0.25) is 15.1 Å². The Hall–Kier alpha value is -2.64. The summed E-state index contributed by atoms with van der Waals surface area (Å²) >= 11 is 0. The Balaban J connectivity index is 2.13. The van der Waals surface area contributed by atoms with Gasteiger partial charge >= 0.3 is 6.03 Å². The first-order valence-corrected chi connectivity index (χ1v) is 7.01. The van der Waals surface area contributed by atoms with Crippen molar-refractivity contribution in [3.05, 3.63) is 23.8 Å². The van der Waals surface area contributed by atoms with Crippen LogP contribution in [0.5, 0.6) is 0 Å². The van der Waals surface area contributed by atoms with Crippen molar-refractivity contribution in [2.24, 2.45) is 5.73 Å². The van der Waals surface area contributed by atoms with Crippen molar-refractivity contribution in [2.75, 3.05) is 13.1 Å². The summed E-state index contributed by atoms with van der Waals surface area (Å²) in [6.07, 6.45) is 3.05. The zero-order valence-corrected chi connectivity index (χ0v) is 12.9. The van der Waals surface area contributed by atoms with E-state index in [4.69, 9.17) is 11.1 Å². The quantitative estimate of drug-likeness (QED) is 0.569. The maximum atomic E-state index is 12.2. The summed E-state index contributed by atoms with van der Waals surface area (Å²) in [5.74, 6) is -0.463. The second-order valence-electron chi connectivity index (χ2n) is 5.44. The Kier molecular flexibility index (Phi) is 4.30. The minimum Gasteiger partial charge on any atom is -0.363 e. The van der Waals surface area contributed by atoms with Crippen LogP contribution in [0.3, 0.4) is 0 Å². The number of H-pyrrole nitrogens is 1. The molecule has 8 heteroatoms. The van der Waals surface area contributed by atoms with Gasteiger partial charge in [0.15, 0.2) is 5.82 Å². The van der Waals surface area contributed by atoms with Crippen LogP contribution in [0.1, 0.15) is 37.1 Å². The zero-order chi connectivity index (χ0) is 16.4. The van der Waals surface area contributed by atoms with Crippen molar-refractivity contribution in [3.8, 4) is 0 Å². The molecule has 0 aromatic carbocycles. The molecule has 2 heterocycles. The molecule has 0 spiro atoms. The van der Waals surface area contributed by atoms with E-state index in [1.807, 2.05) is 13.8 Å². The number of aromatic nitrogens is 2. The number of imidazole rings is 1. The molecule has 8 nitrogen and oxygen atoms in total. The first-order valence-electron chi connectivity index (χ1n) is 7.01. The van der Waals surface area contributed by atoms with Gasteiger partial charge in [-0.1, -0.05) is 0 Å².